The monoisotopic (exact) mass is 158 g/mol. The number of hydrogen-bond acceptors (Lipinski definition) is 0. The number of alkyl halides is 1. The molecule has 0 heterocycles. The van der Waals surface area contributed by atoms with E-state index in [1.807, 2.05) is 6.92 Å². The molecule has 0 aromatic rings. The highest BCUT2D eigenvalue weighted by atomic mass is 79.9. The Bertz CT molecular complexity index is 108. The fraction of sp³-hybridized carbons (Fsp3) is 0.333. The van der Waals surface area contributed by atoms with Crippen molar-refractivity contribution in [2.24, 2.45) is 0 Å². The Balaban J connectivity index is 3.63. The van der Waals surface area contributed by atoms with Crippen LogP contribution in [0.5, 0.6) is 0 Å². The normalized spacial score (nSPS) is 12.1. The molecule has 0 aromatic heterocycles. The zero-order chi connectivity index (χ0) is 5.86. The van der Waals surface area contributed by atoms with Crippen molar-refractivity contribution < 1.29 is 0 Å². The lowest BCUT2D eigenvalue weighted by atomic mass is 10.3. The van der Waals surface area contributed by atoms with E-state index in [1.54, 1.807) is 0 Å². The van der Waals surface area contributed by atoms with Gasteiger partial charge in [-0.05, 0) is 6.92 Å². The first-order valence-corrected chi connectivity index (χ1v) is 2.85. The second-order valence-corrected chi connectivity index (χ2v) is 2.29. The molecule has 1 atom stereocenters. The van der Waals surface area contributed by atoms with Crippen molar-refractivity contribution in [1.29, 1.82) is 0 Å². The van der Waals surface area contributed by atoms with Crippen molar-refractivity contribution in [2.45, 2.75) is 11.8 Å². The summed E-state index contributed by atoms with van der Waals surface area (Å²) >= 11 is 3.21. The third kappa shape index (κ3) is 2.47. The summed E-state index contributed by atoms with van der Waals surface area (Å²) in [5.74, 6) is 2.48. The fourth-order valence-electron chi connectivity index (χ4n) is 0.142. The lowest BCUT2D eigenvalue weighted by Crippen LogP contribution is -1.90. The van der Waals surface area contributed by atoms with Crippen molar-refractivity contribution in [1.82, 2.24) is 0 Å². The largest absolute Gasteiger partial charge is 0.119 e. The Labute approximate surface area is 52.7 Å². The highest BCUT2D eigenvalue weighted by Gasteiger charge is 1.94. The van der Waals surface area contributed by atoms with E-state index in [2.05, 4.69) is 28.4 Å². The van der Waals surface area contributed by atoms with Gasteiger partial charge in [-0.2, -0.15) is 0 Å². The Morgan fingerprint density at radius 1 is 2.00 bits per heavy atom. The van der Waals surface area contributed by atoms with Gasteiger partial charge in [0.15, 0.2) is 0 Å². The summed E-state index contributed by atoms with van der Waals surface area (Å²) in [5.41, 5.74) is 0.975. The van der Waals surface area contributed by atoms with Crippen LogP contribution in [-0.4, -0.2) is 4.83 Å². The van der Waals surface area contributed by atoms with E-state index in [0.717, 1.165) is 5.57 Å². The van der Waals surface area contributed by atoms with E-state index in [9.17, 15) is 0 Å². The number of rotatable bonds is 1. The van der Waals surface area contributed by atoms with Crippen LogP contribution < -0.4 is 0 Å². The summed E-state index contributed by atoms with van der Waals surface area (Å²) in [6.45, 7) is 5.52. The van der Waals surface area contributed by atoms with E-state index >= 15 is 0 Å². The number of terminal acetylenes is 1. The Morgan fingerprint density at radius 2 is 2.43 bits per heavy atom. The standard InChI is InChI=1S/C6H7Br/c1-4-6(7)5(2)3/h1,6H,2H2,3H3. The molecule has 0 nitrogen and oxygen atoms in total. The summed E-state index contributed by atoms with van der Waals surface area (Å²) in [6.07, 6.45) is 5.02. The smallest absolute Gasteiger partial charge is 0.0955 e. The van der Waals surface area contributed by atoms with Gasteiger partial charge in [0.25, 0.3) is 0 Å². The van der Waals surface area contributed by atoms with Crippen LogP contribution in [0.25, 0.3) is 0 Å². The van der Waals surface area contributed by atoms with E-state index in [0.29, 0.717) is 0 Å². The summed E-state index contributed by atoms with van der Waals surface area (Å²) < 4.78 is 0. The summed E-state index contributed by atoms with van der Waals surface area (Å²) in [5, 5.41) is 0. The quantitative estimate of drug-likeness (QED) is 0.311. The third-order valence-electron chi connectivity index (χ3n) is 0.579. The maximum atomic E-state index is 5.02. The SMILES string of the molecule is C#CC(Br)C(=C)C. The maximum absolute atomic E-state index is 5.02. The van der Waals surface area contributed by atoms with Crippen LogP contribution in [0.3, 0.4) is 0 Å². The Kier molecular flexibility index (Phi) is 2.78. The van der Waals surface area contributed by atoms with Crippen molar-refractivity contribution in [3.63, 3.8) is 0 Å². The van der Waals surface area contributed by atoms with Crippen LogP contribution in [0.1, 0.15) is 6.92 Å². The van der Waals surface area contributed by atoms with Crippen molar-refractivity contribution >= 4 is 15.9 Å². The van der Waals surface area contributed by atoms with Crippen LogP contribution in [0.2, 0.25) is 0 Å². The average Bonchev–Trinajstić information content (AvgIpc) is 1.65. The lowest BCUT2D eigenvalue weighted by Gasteiger charge is -1.95. The average molecular weight is 159 g/mol. The maximum Gasteiger partial charge on any atom is 0.0955 e. The highest BCUT2D eigenvalue weighted by Crippen LogP contribution is 2.06. The van der Waals surface area contributed by atoms with Crippen LogP contribution >= 0.6 is 15.9 Å². The summed E-state index contributed by atoms with van der Waals surface area (Å²) in [7, 11) is 0. The molecule has 0 N–H and O–H groups in total. The molecule has 0 aliphatic carbocycles. The Morgan fingerprint density at radius 3 is 2.43 bits per heavy atom. The molecule has 1 heteroatoms. The minimum Gasteiger partial charge on any atom is -0.119 e. The first kappa shape index (κ1) is 6.78. The van der Waals surface area contributed by atoms with Crippen molar-refractivity contribution in [3.05, 3.63) is 12.2 Å². The molecule has 38 valence electrons. The van der Waals surface area contributed by atoms with Crippen LogP contribution in [-0.2, 0) is 0 Å². The Hall–Kier alpha value is -0.220. The second kappa shape index (κ2) is 2.87. The fourth-order valence-corrected chi connectivity index (χ4v) is 0.142. The molecule has 1 unspecified atom stereocenters. The van der Waals surface area contributed by atoms with Gasteiger partial charge in [0, 0.05) is 0 Å². The minimum atomic E-state index is 0.0486. The van der Waals surface area contributed by atoms with Crippen LogP contribution in [0.15, 0.2) is 12.2 Å². The van der Waals surface area contributed by atoms with Crippen molar-refractivity contribution in [2.75, 3.05) is 0 Å². The summed E-state index contributed by atoms with van der Waals surface area (Å²) in [4.78, 5) is 0.0486. The molecule has 0 aliphatic heterocycles. The van der Waals surface area contributed by atoms with Gasteiger partial charge in [-0.25, -0.2) is 0 Å². The van der Waals surface area contributed by atoms with Gasteiger partial charge >= 0.3 is 0 Å². The predicted molar refractivity (Wildman–Crippen MR) is 36.4 cm³/mol. The molecule has 0 spiro atoms. The molecule has 7 heavy (non-hydrogen) atoms. The van der Waals surface area contributed by atoms with E-state index in [-0.39, 0.29) is 4.83 Å². The number of hydrogen-bond donors (Lipinski definition) is 0. The molecule has 0 radical (unpaired) electrons. The highest BCUT2D eigenvalue weighted by molar-refractivity contribution is 9.09. The van der Waals surface area contributed by atoms with Gasteiger partial charge in [0.1, 0.15) is 0 Å². The first-order chi connectivity index (χ1) is 3.18. The van der Waals surface area contributed by atoms with Gasteiger partial charge in [0.05, 0.1) is 4.83 Å². The molecule has 0 rings (SSSR count). The summed E-state index contributed by atoms with van der Waals surface area (Å²) in [6, 6.07) is 0. The predicted octanol–water partition coefficient (Wildman–Crippen LogP) is 1.96. The molecular weight excluding hydrogens is 152 g/mol. The van der Waals surface area contributed by atoms with E-state index in [4.69, 9.17) is 6.42 Å². The molecule has 0 fully saturated rings. The molecule has 0 saturated heterocycles. The first-order valence-electron chi connectivity index (χ1n) is 1.94. The number of halogens is 1. The van der Waals surface area contributed by atoms with Crippen molar-refractivity contribution in [3.8, 4) is 12.3 Å². The van der Waals surface area contributed by atoms with Gasteiger partial charge < -0.3 is 0 Å². The topological polar surface area (TPSA) is 0 Å². The number of allylic oxidation sites excluding steroid dienone is 1. The van der Waals surface area contributed by atoms with Crippen LogP contribution in [0.4, 0.5) is 0 Å². The van der Waals surface area contributed by atoms with E-state index in [1.165, 1.54) is 0 Å². The minimum absolute atomic E-state index is 0.0486. The van der Waals surface area contributed by atoms with Gasteiger partial charge in [0.2, 0.25) is 0 Å². The molecule has 0 saturated carbocycles. The molecular formula is C6H7Br. The van der Waals surface area contributed by atoms with Crippen LogP contribution in [0, 0.1) is 12.3 Å². The molecule has 0 amide bonds. The zero-order valence-electron chi connectivity index (χ0n) is 4.24. The van der Waals surface area contributed by atoms with Gasteiger partial charge in [-0.15, -0.1) is 6.42 Å². The third-order valence-corrected chi connectivity index (χ3v) is 1.62. The molecule has 0 aliphatic rings. The van der Waals surface area contributed by atoms with Gasteiger partial charge in [-0.1, -0.05) is 34.0 Å². The zero-order valence-corrected chi connectivity index (χ0v) is 5.83. The van der Waals surface area contributed by atoms with Gasteiger partial charge in [-0.3, -0.25) is 0 Å². The second-order valence-electron chi connectivity index (χ2n) is 1.38. The molecule has 0 bridgehead atoms. The lowest BCUT2D eigenvalue weighted by molar-refractivity contribution is 1.31. The molecule has 0 aromatic carbocycles. The van der Waals surface area contributed by atoms with E-state index < -0.39 is 0 Å².